The highest BCUT2D eigenvalue weighted by molar-refractivity contribution is 7.89. The fourth-order valence-corrected chi connectivity index (χ4v) is 6.12. The number of rotatable bonds is 3. The second kappa shape index (κ2) is 7.16. The van der Waals surface area contributed by atoms with Crippen LogP contribution in [0, 0.1) is 18.8 Å². The number of aryl methyl sites for hydroxylation is 1. The minimum atomic E-state index is -3.53. The number of carbonyl (C=O) groups excluding carboxylic acids is 3. The number of aliphatic hydroxyl groups excluding tert-OH is 2. The summed E-state index contributed by atoms with van der Waals surface area (Å²) in [5.41, 5.74) is 2.44. The Morgan fingerprint density at radius 3 is 2.42 bits per heavy atom. The van der Waals surface area contributed by atoms with Gasteiger partial charge >= 0.3 is 0 Å². The zero-order chi connectivity index (χ0) is 24.6. The third-order valence-corrected chi connectivity index (χ3v) is 7.62. The Labute approximate surface area is 189 Å². The molecule has 0 aliphatic heterocycles. The highest BCUT2D eigenvalue weighted by Gasteiger charge is 2.60. The number of benzene rings is 1. The van der Waals surface area contributed by atoms with Crippen LogP contribution in [0.4, 0.5) is 0 Å². The molecule has 3 aliphatic carbocycles. The lowest BCUT2D eigenvalue weighted by atomic mass is 9.59. The molecule has 11 heteroatoms. The van der Waals surface area contributed by atoms with Crippen LogP contribution in [-0.2, 0) is 36.4 Å². The molecule has 4 rings (SSSR count). The van der Waals surface area contributed by atoms with Gasteiger partial charge in [0, 0.05) is 29.7 Å². The number of primary amides is 1. The molecule has 10 nitrogen and oxygen atoms in total. The Balaban J connectivity index is 1.94. The van der Waals surface area contributed by atoms with E-state index in [4.69, 9.17) is 5.73 Å². The Morgan fingerprint density at radius 2 is 1.85 bits per heavy atom. The first-order valence-electron chi connectivity index (χ1n) is 10.2. The molecule has 3 aliphatic rings. The molecule has 33 heavy (non-hydrogen) atoms. The number of hydrogen-bond acceptors (Lipinski definition) is 9. The van der Waals surface area contributed by atoms with Gasteiger partial charge in [0.2, 0.25) is 5.78 Å². The van der Waals surface area contributed by atoms with Gasteiger partial charge in [-0.25, -0.2) is 8.42 Å². The van der Waals surface area contributed by atoms with E-state index in [0.29, 0.717) is 11.1 Å². The number of Topliss-reactive ketones (excluding diaryl/α,β-unsaturated/α-hetero) is 2. The molecular formula is C22H23NO9S. The summed E-state index contributed by atoms with van der Waals surface area (Å²) in [4.78, 5) is 37.4. The lowest BCUT2D eigenvalue weighted by Gasteiger charge is -2.46. The van der Waals surface area contributed by atoms with Crippen LogP contribution in [0.15, 0.2) is 23.0 Å². The van der Waals surface area contributed by atoms with Crippen molar-refractivity contribution in [2.45, 2.75) is 37.5 Å². The molecule has 0 bridgehead atoms. The topological polar surface area (TPSA) is 192 Å². The molecule has 0 unspecified atom stereocenters. The third-order valence-electron chi connectivity index (χ3n) is 6.78. The Hall–Kier alpha value is -3.18. The Kier molecular flexibility index (Phi) is 4.99. The molecule has 0 spiro atoms. The van der Waals surface area contributed by atoms with Gasteiger partial charge in [-0.1, -0.05) is 6.07 Å². The quantitative estimate of drug-likeness (QED) is 0.380. The van der Waals surface area contributed by atoms with Crippen LogP contribution in [-0.4, -0.2) is 58.2 Å². The molecule has 176 valence electrons. The molecule has 0 radical (unpaired) electrons. The fourth-order valence-electron chi connectivity index (χ4n) is 5.34. The predicted molar refractivity (Wildman–Crippen MR) is 115 cm³/mol. The largest absolute Gasteiger partial charge is 0.508 e. The van der Waals surface area contributed by atoms with E-state index < -0.39 is 73.3 Å². The van der Waals surface area contributed by atoms with Crippen molar-refractivity contribution in [3.63, 3.8) is 0 Å². The number of fused-ring (bicyclic) bond motifs is 3. The number of sulfone groups is 1. The van der Waals surface area contributed by atoms with E-state index in [1.807, 2.05) is 0 Å². The monoisotopic (exact) mass is 477 g/mol. The van der Waals surface area contributed by atoms with Crippen molar-refractivity contribution >= 4 is 33.1 Å². The molecule has 1 fully saturated rings. The standard InChI is InChI=1S/C22H23NO9S/c1-8-3-10(7-33(2,31)32)17(25)15-12(8)5-9-4-11-6-13(24)16(21(23)29)20(28)22(11,30)19(27)14(9)18(15)26/h3,9,11,25-26,28,30H,4-7H2,1-2H3,(H2,23,29)/t9-,11+,22+/m1/s1. The third kappa shape index (κ3) is 3.25. The zero-order valence-electron chi connectivity index (χ0n) is 17.9. The van der Waals surface area contributed by atoms with Crippen LogP contribution in [0.3, 0.4) is 0 Å². The van der Waals surface area contributed by atoms with Gasteiger partial charge < -0.3 is 26.2 Å². The summed E-state index contributed by atoms with van der Waals surface area (Å²) in [6.07, 6.45) is 0.812. The number of aliphatic hydroxyl groups is 3. The molecule has 1 aromatic carbocycles. The molecule has 0 heterocycles. The van der Waals surface area contributed by atoms with E-state index in [9.17, 15) is 43.2 Å². The summed E-state index contributed by atoms with van der Waals surface area (Å²) in [5.74, 6) is -7.61. The zero-order valence-corrected chi connectivity index (χ0v) is 18.7. The van der Waals surface area contributed by atoms with E-state index in [1.54, 1.807) is 6.92 Å². The molecule has 0 aromatic heterocycles. The van der Waals surface area contributed by atoms with E-state index in [-0.39, 0.29) is 36.0 Å². The van der Waals surface area contributed by atoms with E-state index >= 15 is 0 Å². The maximum absolute atomic E-state index is 13.4. The number of hydrogen-bond donors (Lipinski definition) is 5. The summed E-state index contributed by atoms with van der Waals surface area (Å²) in [7, 11) is -3.53. The highest BCUT2D eigenvalue weighted by atomic mass is 32.2. The van der Waals surface area contributed by atoms with Gasteiger partial charge in [-0.05, 0) is 36.8 Å². The van der Waals surface area contributed by atoms with Crippen LogP contribution in [0.5, 0.6) is 5.75 Å². The minimum Gasteiger partial charge on any atom is -0.508 e. The highest BCUT2D eigenvalue weighted by Crippen LogP contribution is 2.52. The van der Waals surface area contributed by atoms with Crippen molar-refractivity contribution in [1.82, 2.24) is 0 Å². The van der Waals surface area contributed by atoms with Gasteiger partial charge in [0.15, 0.2) is 21.2 Å². The van der Waals surface area contributed by atoms with Crippen LogP contribution in [0.2, 0.25) is 0 Å². The van der Waals surface area contributed by atoms with E-state index in [1.165, 1.54) is 6.07 Å². The Morgan fingerprint density at radius 1 is 1.21 bits per heavy atom. The van der Waals surface area contributed by atoms with Crippen LogP contribution < -0.4 is 5.73 Å². The van der Waals surface area contributed by atoms with Gasteiger partial charge in [0.25, 0.3) is 5.91 Å². The molecule has 1 aromatic rings. The average Bonchev–Trinajstić information content (AvgIpc) is 2.67. The molecule has 0 saturated heterocycles. The summed E-state index contributed by atoms with van der Waals surface area (Å²) in [5, 5.41) is 43.6. The predicted octanol–water partition coefficient (Wildman–Crippen LogP) is 0.277. The molecular weight excluding hydrogens is 454 g/mol. The maximum Gasteiger partial charge on any atom is 0.255 e. The summed E-state index contributed by atoms with van der Waals surface area (Å²) in [6, 6.07) is 1.51. The van der Waals surface area contributed by atoms with E-state index in [2.05, 4.69) is 0 Å². The van der Waals surface area contributed by atoms with Crippen LogP contribution >= 0.6 is 0 Å². The number of phenols is 1. The number of carbonyl (C=O) groups is 3. The smallest absolute Gasteiger partial charge is 0.255 e. The summed E-state index contributed by atoms with van der Waals surface area (Å²) in [6.45, 7) is 1.68. The normalized spacial score (nSPS) is 27.2. The molecule has 1 amide bonds. The number of amides is 1. The number of ketones is 2. The second-order valence-electron chi connectivity index (χ2n) is 9.03. The lowest BCUT2D eigenvalue weighted by molar-refractivity contribution is -0.147. The van der Waals surface area contributed by atoms with E-state index in [0.717, 1.165) is 6.26 Å². The number of nitrogens with two attached hydrogens (primary N) is 1. The average molecular weight is 477 g/mol. The first-order valence-corrected chi connectivity index (χ1v) is 12.2. The summed E-state index contributed by atoms with van der Waals surface area (Å²) < 4.78 is 23.5. The van der Waals surface area contributed by atoms with Crippen molar-refractivity contribution in [2.24, 2.45) is 17.6 Å². The van der Waals surface area contributed by atoms with Crippen molar-refractivity contribution in [3.05, 3.63) is 45.2 Å². The number of aromatic hydroxyl groups is 1. The minimum absolute atomic E-state index is 0.0359. The second-order valence-corrected chi connectivity index (χ2v) is 11.2. The van der Waals surface area contributed by atoms with Gasteiger partial charge in [-0.3, -0.25) is 14.4 Å². The number of phenolic OH excluding ortho intramolecular Hbond substituents is 1. The van der Waals surface area contributed by atoms with Crippen molar-refractivity contribution in [3.8, 4) is 5.75 Å². The maximum atomic E-state index is 13.4. The van der Waals surface area contributed by atoms with Gasteiger partial charge in [-0.15, -0.1) is 0 Å². The first-order chi connectivity index (χ1) is 15.2. The van der Waals surface area contributed by atoms with Crippen LogP contribution in [0.1, 0.15) is 35.1 Å². The van der Waals surface area contributed by atoms with Crippen molar-refractivity contribution in [1.29, 1.82) is 0 Å². The summed E-state index contributed by atoms with van der Waals surface area (Å²) >= 11 is 0. The first kappa shape index (κ1) is 23.0. The molecule has 3 atom stereocenters. The van der Waals surface area contributed by atoms with Gasteiger partial charge in [-0.2, -0.15) is 0 Å². The van der Waals surface area contributed by atoms with Crippen molar-refractivity contribution < 1.29 is 43.2 Å². The fraction of sp³-hybridized carbons (Fsp3) is 0.409. The molecule has 1 saturated carbocycles. The van der Waals surface area contributed by atoms with Crippen LogP contribution in [0.25, 0.3) is 5.76 Å². The Bertz CT molecular complexity index is 1320. The molecule has 6 N–H and O–H groups in total. The van der Waals surface area contributed by atoms with Gasteiger partial charge in [0.1, 0.15) is 22.8 Å². The van der Waals surface area contributed by atoms with Gasteiger partial charge in [0.05, 0.1) is 11.3 Å². The van der Waals surface area contributed by atoms with Crippen molar-refractivity contribution in [2.75, 3.05) is 6.26 Å². The SMILES string of the molecule is Cc1cc(CS(C)(=O)=O)c(O)c2c1C[C@H]1C[C@H]3CC(=O)C(C(N)=O)=C(O)[C@@]3(O)C(=O)C1=C2O. The lowest BCUT2D eigenvalue weighted by Crippen LogP contribution is -2.58.